The Morgan fingerprint density at radius 2 is 1.51 bits per heavy atom. The minimum Gasteiger partial charge on any atom is -0.508 e. The van der Waals surface area contributed by atoms with Crippen molar-refractivity contribution in [2.75, 3.05) is 24.5 Å². The van der Waals surface area contributed by atoms with E-state index in [1.807, 2.05) is 6.08 Å². The first-order valence-corrected chi connectivity index (χ1v) is 18.1. The van der Waals surface area contributed by atoms with Crippen LogP contribution in [0, 0.1) is 29.5 Å². The number of carbonyl (C=O) groups is 5. The number of nitrogens with one attached hydrogen (secondary N) is 1. The van der Waals surface area contributed by atoms with E-state index < -0.39 is 64.5 Å². The number of phenolic OH excluding ortho intramolecular Hbond substituents is 1. The number of benzene rings is 4. The highest BCUT2D eigenvalue weighted by atomic mass is 35.5. The molecule has 4 aromatic rings. The van der Waals surface area contributed by atoms with Crippen molar-refractivity contribution in [1.82, 2.24) is 5.01 Å². The van der Waals surface area contributed by atoms with Gasteiger partial charge in [0.05, 0.1) is 48.8 Å². The maximum Gasteiger partial charge on any atom is 0.260 e. The molecule has 55 heavy (non-hydrogen) atoms. The van der Waals surface area contributed by atoms with Gasteiger partial charge in [0, 0.05) is 34.2 Å². The summed E-state index contributed by atoms with van der Waals surface area (Å²) in [5, 5.41) is 12.1. The molecule has 1 saturated carbocycles. The second-order valence-corrected chi connectivity index (χ2v) is 14.7. The van der Waals surface area contributed by atoms with Crippen molar-refractivity contribution in [1.29, 1.82) is 0 Å². The van der Waals surface area contributed by atoms with Crippen LogP contribution >= 0.6 is 11.6 Å². The van der Waals surface area contributed by atoms with Crippen LogP contribution in [0.4, 0.5) is 15.8 Å². The number of halogens is 2. The Bertz CT molecular complexity index is 2290. The molecule has 2 N–H and O–H groups in total. The Morgan fingerprint density at radius 1 is 0.873 bits per heavy atom. The fourth-order valence-electron chi connectivity index (χ4n) is 9.28. The normalized spacial score (nSPS) is 25.6. The van der Waals surface area contributed by atoms with Crippen molar-refractivity contribution < 1.29 is 42.9 Å². The lowest BCUT2D eigenvalue weighted by Crippen LogP contribution is -2.53. The van der Waals surface area contributed by atoms with Gasteiger partial charge in [0.25, 0.3) is 11.8 Å². The Balaban J connectivity index is 1.35. The molecule has 4 aromatic carbocycles. The fraction of sp³-hybridized carbons (Fsp3) is 0.262. The molecule has 4 amide bonds. The summed E-state index contributed by atoms with van der Waals surface area (Å²) in [6.07, 6.45) is 2.05. The van der Waals surface area contributed by atoms with E-state index in [2.05, 4.69) is 5.43 Å². The predicted molar refractivity (Wildman–Crippen MR) is 199 cm³/mol. The largest absolute Gasteiger partial charge is 0.508 e. The highest BCUT2D eigenvalue weighted by Crippen LogP contribution is 2.66. The maximum absolute atomic E-state index is 15.4. The van der Waals surface area contributed by atoms with Crippen molar-refractivity contribution in [3.05, 3.63) is 124 Å². The zero-order chi connectivity index (χ0) is 38.9. The summed E-state index contributed by atoms with van der Waals surface area (Å²) in [6.45, 7) is 1.43. The Labute approximate surface area is 320 Å². The summed E-state index contributed by atoms with van der Waals surface area (Å²) < 4.78 is 25.7. The molecule has 4 aliphatic rings. The highest BCUT2D eigenvalue weighted by Gasteiger charge is 2.71. The van der Waals surface area contributed by atoms with Gasteiger partial charge in [0.2, 0.25) is 11.8 Å². The highest BCUT2D eigenvalue weighted by molar-refractivity contribution is 6.30. The minimum atomic E-state index is -1.70. The van der Waals surface area contributed by atoms with Crippen LogP contribution in [0.1, 0.15) is 47.2 Å². The third-order valence-corrected chi connectivity index (χ3v) is 11.9. The zero-order valence-electron chi connectivity index (χ0n) is 29.9. The van der Waals surface area contributed by atoms with E-state index in [1.54, 1.807) is 48.5 Å². The Hall–Kier alpha value is -6.01. The lowest BCUT2D eigenvalue weighted by atomic mass is 9.49. The molecule has 13 heteroatoms. The van der Waals surface area contributed by atoms with E-state index in [1.165, 1.54) is 57.5 Å². The van der Waals surface area contributed by atoms with E-state index in [9.17, 15) is 28.7 Å². The number of methoxy groups -OCH3 is 2. The number of Topliss-reactive ketones (excluding diaryl/α,β-unsaturated/α-hetero) is 1. The average Bonchev–Trinajstić information content (AvgIpc) is 3.56. The number of hydrogen-bond acceptors (Lipinski definition) is 9. The van der Waals surface area contributed by atoms with Gasteiger partial charge in [-0.3, -0.25) is 34.3 Å². The van der Waals surface area contributed by atoms with Crippen molar-refractivity contribution in [2.24, 2.45) is 23.7 Å². The number of aromatic hydroxyl groups is 1. The molecule has 2 aliphatic carbocycles. The SMILES string of the molecule is COc1cc(O)cc(OC)c1[C@H]1C2=CC[C@@H]3C(=O)N(c4ccc(C(C)=O)cc4)C(=O)[C@@H]3[C@@H]2C[C@H]2C(=O)N(Nc3ccc(F)cc3)C(=O)[C@@]12c1ccc(Cl)cc1. The number of imide groups is 2. The van der Waals surface area contributed by atoms with Crippen molar-refractivity contribution in [2.45, 2.75) is 31.1 Å². The molecule has 2 saturated heterocycles. The number of nitrogens with zero attached hydrogens (tertiary/aromatic N) is 2. The van der Waals surface area contributed by atoms with E-state index >= 15 is 4.79 Å². The second kappa shape index (κ2) is 13.4. The molecular weight excluding hydrogens is 729 g/mol. The van der Waals surface area contributed by atoms with Gasteiger partial charge in [-0.15, -0.1) is 0 Å². The minimum absolute atomic E-state index is 0.0111. The molecule has 6 atom stereocenters. The zero-order valence-corrected chi connectivity index (χ0v) is 30.7. The van der Waals surface area contributed by atoms with Crippen LogP contribution in [0.15, 0.2) is 96.6 Å². The lowest BCUT2D eigenvalue weighted by molar-refractivity contribution is -0.138. The predicted octanol–water partition coefficient (Wildman–Crippen LogP) is 6.59. The van der Waals surface area contributed by atoms with E-state index in [-0.39, 0.29) is 41.6 Å². The number of amides is 4. The van der Waals surface area contributed by atoms with Crippen LogP contribution in [0.25, 0.3) is 0 Å². The van der Waals surface area contributed by atoms with Crippen LogP contribution in [0.5, 0.6) is 17.2 Å². The molecular formula is C42H35ClFN3O8. The fourth-order valence-corrected chi connectivity index (χ4v) is 9.40. The van der Waals surface area contributed by atoms with Crippen LogP contribution < -0.4 is 19.8 Å². The van der Waals surface area contributed by atoms with Gasteiger partial charge in [0.1, 0.15) is 23.1 Å². The molecule has 0 aromatic heterocycles. The van der Waals surface area contributed by atoms with Gasteiger partial charge in [0.15, 0.2) is 5.78 Å². The number of phenols is 1. The first-order chi connectivity index (χ1) is 26.4. The monoisotopic (exact) mass is 763 g/mol. The van der Waals surface area contributed by atoms with E-state index in [4.69, 9.17) is 21.1 Å². The third kappa shape index (κ3) is 5.41. The van der Waals surface area contributed by atoms with Crippen molar-refractivity contribution in [3.63, 3.8) is 0 Å². The van der Waals surface area contributed by atoms with Crippen LogP contribution in [-0.4, -0.2) is 53.7 Å². The summed E-state index contributed by atoms with van der Waals surface area (Å²) in [5.41, 5.74) is 3.69. The number of fused-ring (bicyclic) bond motifs is 4. The lowest BCUT2D eigenvalue weighted by Gasteiger charge is -2.51. The molecule has 2 heterocycles. The number of ketones is 1. The van der Waals surface area contributed by atoms with Crippen LogP contribution in [0.3, 0.4) is 0 Å². The van der Waals surface area contributed by atoms with Gasteiger partial charge < -0.3 is 14.6 Å². The molecule has 0 radical (unpaired) electrons. The topological polar surface area (TPSA) is 143 Å². The quantitative estimate of drug-likeness (QED) is 0.115. The molecule has 2 aliphatic heterocycles. The number of anilines is 2. The number of rotatable bonds is 8. The maximum atomic E-state index is 15.4. The summed E-state index contributed by atoms with van der Waals surface area (Å²) in [7, 11) is 2.82. The Morgan fingerprint density at radius 3 is 2.11 bits per heavy atom. The summed E-state index contributed by atoms with van der Waals surface area (Å²) in [6, 6.07) is 20.9. The van der Waals surface area contributed by atoms with Gasteiger partial charge in [-0.1, -0.05) is 35.4 Å². The van der Waals surface area contributed by atoms with Gasteiger partial charge in [-0.05, 0) is 91.9 Å². The summed E-state index contributed by atoms with van der Waals surface area (Å²) in [4.78, 5) is 72.3. The van der Waals surface area contributed by atoms with Crippen molar-refractivity contribution in [3.8, 4) is 17.2 Å². The molecule has 0 unspecified atom stereocenters. The van der Waals surface area contributed by atoms with Crippen LogP contribution in [-0.2, 0) is 24.6 Å². The first kappa shape index (κ1) is 36.0. The summed E-state index contributed by atoms with van der Waals surface area (Å²) in [5.74, 6) is -7.11. The molecule has 8 rings (SSSR count). The number of hydrazine groups is 1. The smallest absolute Gasteiger partial charge is 0.260 e. The van der Waals surface area contributed by atoms with Gasteiger partial charge in [-0.25, -0.2) is 4.39 Å². The molecule has 0 spiro atoms. The number of hydrogen-bond donors (Lipinski definition) is 2. The average molecular weight is 764 g/mol. The molecule has 3 fully saturated rings. The van der Waals surface area contributed by atoms with E-state index in [0.29, 0.717) is 33.0 Å². The molecule has 280 valence electrons. The standard InChI is InChI=1S/C42H35ClFN3O8/c1-21(48)22-4-14-27(15-5-22)46-38(50)30-17-16-29-31(35(30)40(46)52)20-32-39(51)47(45-26-12-10-25(44)11-13-26)41(53)42(32,23-6-8-24(43)9-7-23)37(29)36-33(54-2)18-28(49)19-34(36)55-3/h4-16,18-19,30-32,35,37,45,49H,17,20H2,1-3H3/t30-,31+,32-,35-,37+,42+/m0/s1. The molecule has 0 bridgehead atoms. The third-order valence-electron chi connectivity index (χ3n) is 11.6. The number of ether oxygens (including phenoxy) is 2. The first-order valence-electron chi connectivity index (χ1n) is 17.7. The Kier molecular flexibility index (Phi) is 8.76. The second-order valence-electron chi connectivity index (χ2n) is 14.3. The molecule has 11 nitrogen and oxygen atoms in total. The van der Waals surface area contributed by atoms with Crippen LogP contribution in [0.2, 0.25) is 5.02 Å². The van der Waals surface area contributed by atoms with Gasteiger partial charge >= 0.3 is 0 Å². The summed E-state index contributed by atoms with van der Waals surface area (Å²) >= 11 is 6.39. The number of carbonyl (C=O) groups excluding carboxylic acids is 5. The van der Waals surface area contributed by atoms with Crippen molar-refractivity contribution >= 4 is 52.4 Å². The van der Waals surface area contributed by atoms with E-state index in [0.717, 1.165) is 9.91 Å². The van der Waals surface area contributed by atoms with Gasteiger partial charge in [-0.2, -0.15) is 5.01 Å². The number of allylic oxidation sites excluding steroid dienone is 2.